The highest BCUT2D eigenvalue weighted by Gasteiger charge is 2.20. The zero-order valence-electron chi connectivity index (χ0n) is 10.1. The third-order valence-corrected chi connectivity index (χ3v) is 3.25. The summed E-state index contributed by atoms with van der Waals surface area (Å²) < 4.78 is 14.6. The SMILES string of the molecule is C[C@H]1Cc2nc(-c3ccc(F)cc3)cc(=O)n2C1. The Bertz CT molecular complexity index is 646. The van der Waals surface area contributed by atoms with Crippen LogP contribution in [0.2, 0.25) is 0 Å². The van der Waals surface area contributed by atoms with Crippen molar-refractivity contribution < 1.29 is 4.39 Å². The van der Waals surface area contributed by atoms with Crippen molar-refractivity contribution in [3.63, 3.8) is 0 Å². The second kappa shape index (κ2) is 4.05. The van der Waals surface area contributed by atoms with Crippen LogP contribution in [0.4, 0.5) is 4.39 Å². The number of rotatable bonds is 1. The number of halogens is 1. The molecule has 3 rings (SSSR count). The third-order valence-electron chi connectivity index (χ3n) is 3.25. The molecule has 0 bridgehead atoms. The second-order valence-corrected chi connectivity index (χ2v) is 4.82. The Labute approximate surface area is 104 Å². The fraction of sp³-hybridized carbons (Fsp3) is 0.286. The molecule has 0 spiro atoms. The number of fused-ring (bicyclic) bond motifs is 1. The Hall–Kier alpha value is -1.97. The van der Waals surface area contributed by atoms with E-state index in [9.17, 15) is 9.18 Å². The van der Waals surface area contributed by atoms with Crippen LogP contribution in [0.3, 0.4) is 0 Å². The van der Waals surface area contributed by atoms with Gasteiger partial charge in [0, 0.05) is 24.6 Å². The average molecular weight is 244 g/mol. The van der Waals surface area contributed by atoms with Crippen molar-refractivity contribution in [2.45, 2.75) is 19.9 Å². The van der Waals surface area contributed by atoms with Crippen LogP contribution in [-0.2, 0) is 13.0 Å². The quantitative estimate of drug-likeness (QED) is 0.771. The Morgan fingerprint density at radius 1 is 1.33 bits per heavy atom. The van der Waals surface area contributed by atoms with Gasteiger partial charge in [-0.1, -0.05) is 6.92 Å². The third kappa shape index (κ3) is 1.83. The first kappa shape index (κ1) is 11.1. The molecule has 0 N–H and O–H groups in total. The molecule has 0 saturated heterocycles. The van der Waals surface area contributed by atoms with E-state index in [0.29, 0.717) is 11.6 Å². The number of nitrogens with zero attached hydrogens (tertiary/aromatic N) is 2. The first-order valence-electron chi connectivity index (χ1n) is 6.00. The molecule has 0 fully saturated rings. The van der Waals surface area contributed by atoms with Gasteiger partial charge in [0.15, 0.2) is 0 Å². The molecule has 1 aromatic carbocycles. The lowest BCUT2D eigenvalue weighted by atomic mass is 10.1. The molecular formula is C14H13FN2O. The van der Waals surface area contributed by atoms with Crippen molar-refractivity contribution >= 4 is 0 Å². The minimum Gasteiger partial charge on any atom is -0.296 e. The summed E-state index contributed by atoms with van der Waals surface area (Å²) in [4.78, 5) is 16.5. The fourth-order valence-electron chi connectivity index (χ4n) is 2.36. The second-order valence-electron chi connectivity index (χ2n) is 4.82. The van der Waals surface area contributed by atoms with Crippen LogP contribution in [0.15, 0.2) is 35.1 Å². The van der Waals surface area contributed by atoms with E-state index in [0.717, 1.165) is 24.4 Å². The predicted octanol–water partition coefficient (Wildman–Crippen LogP) is 2.24. The summed E-state index contributed by atoms with van der Waals surface area (Å²) >= 11 is 0. The van der Waals surface area contributed by atoms with Crippen LogP contribution in [0.1, 0.15) is 12.7 Å². The van der Waals surface area contributed by atoms with Crippen LogP contribution in [0, 0.1) is 11.7 Å². The maximum Gasteiger partial charge on any atom is 0.254 e. The minimum absolute atomic E-state index is 0.0244. The van der Waals surface area contributed by atoms with Crippen LogP contribution in [0.5, 0.6) is 0 Å². The Morgan fingerprint density at radius 3 is 2.78 bits per heavy atom. The predicted molar refractivity (Wildman–Crippen MR) is 66.8 cm³/mol. The smallest absolute Gasteiger partial charge is 0.254 e. The number of hydrogen-bond acceptors (Lipinski definition) is 2. The first-order chi connectivity index (χ1) is 8.63. The van der Waals surface area contributed by atoms with E-state index in [1.165, 1.54) is 18.2 Å². The van der Waals surface area contributed by atoms with Crippen molar-refractivity contribution in [3.05, 3.63) is 52.3 Å². The summed E-state index contributed by atoms with van der Waals surface area (Å²) in [5.74, 6) is 0.994. The highest BCUT2D eigenvalue weighted by molar-refractivity contribution is 5.58. The first-order valence-corrected chi connectivity index (χ1v) is 6.00. The lowest BCUT2D eigenvalue weighted by Gasteiger charge is -2.05. The van der Waals surface area contributed by atoms with Gasteiger partial charge in [-0.15, -0.1) is 0 Å². The van der Waals surface area contributed by atoms with E-state index in [4.69, 9.17) is 0 Å². The molecule has 0 unspecified atom stereocenters. The van der Waals surface area contributed by atoms with Gasteiger partial charge in [0.1, 0.15) is 11.6 Å². The molecule has 0 amide bonds. The van der Waals surface area contributed by atoms with Crippen LogP contribution in [0.25, 0.3) is 11.3 Å². The summed E-state index contributed by atoms with van der Waals surface area (Å²) in [6.45, 7) is 2.84. The van der Waals surface area contributed by atoms with Gasteiger partial charge in [-0.05, 0) is 30.2 Å². The van der Waals surface area contributed by atoms with Crippen LogP contribution < -0.4 is 5.56 Å². The van der Waals surface area contributed by atoms with Crippen molar-refractivity contribution in [2.75, 3.05) is 0 Å². The Balaban J connectivity index is 2.10. The van der Waals surface area contributed by atoms with E-state index in [2.05, 4.69) is 11.9 Å². The van der Waals surface area contributed by atoms with Gasteiger partial charge in [-0.2, -0.15) is 0 Å². The monoisotopic (exact) mass is 244 g/mol. The standard InChI is InChI=1S/C14H13FN2O/c1-9-6-13-16-12(7-14(18)17(13)8-9)10-2-4-11(15)5-3-10/h2-5,7,9H,6,8H2,1H3/t9-/m0/s1. The number of aromatic nitrogens is 2. The highest BCUT2D eigenvalue weighted by atomic mass is 19.1. The molecule has 0 radical (unpaired) electrons. The maximum absolute atomic E-state index is 12.9. The largest absolute Gasteiger partial charge is 0.296 e. The van der Waals surface area contributed by atoms with E-state index >= 15 is 0 Å². The van der Waals surface area contributed by atoms with E-state index in [1.807, 2.05) is 0 Å². The zero-order chi connectivity index (χ0) is 12.7. The molecule has 0 aliphatic carbocycles. The van der Waals surface area contributed by atoms with Gasteiger partial charge in [0.25, 0.3) is 5.56 Å². The fourth-order valence-corrected chi connectivity index (χ4v) is 2.36. The molecular weight excluding hydrogens is 231 g/mol. The highest BCUT2D eigenvalue weighted by Crippen LogP contribution is 2.21. The van der Waals surface area contributed by atoms with E-state index in [1.54, 1.807) is 16.7 Å². The van der Waals surface area contributed by atoms with Gasteiger partial charge in [-0.3, -0.25) is 9.36 Å². The van der Waals surface area contributed by atoms with Crippen LogP contribution in [-0.4, -0.2) is 9.55 Å². The molecule has 1 aliphatic rings. The van der Waals surface area contributed by atoms with Gasteiger partial charge in [0.2, 0.25) is 0 Å². The van der Waals surface area contributed by atoms with Gasteiger partial charge in [-0.25, -0.2) is 9.37 Å². The van der Waals surface area contributed by atoms with Crippen molar-refractivity contribution in [1.82, 2.24) is 9.55 Å². The topological polar surface area (TPSA) is 34.9 Å². The molecule has 1 aliphatic heterocycles. The van der Waals surface area contributed by atoms with Crippen molar-refractivity contribution in [2.24, 2.45) is 5.92 Å². The summed E-state index contributed by atoms with van der Waals surface area (Å²) in [6, 6.07) is 7.57. The summed E-state index contributed by atoms with van der Waals surface area (Å²) in [5, 5.41) is 0. The molecule has 0 saturated carbocycles. The maximum atomic E-state index is 12.9. The Kier molecular flexibility index (Phi) is 2.51. The molecule has 2 heterocycles. The van der Waals surface area contributed by atoms with Gasteiger partial charge in [0.05, 0.1) is 5.69 Å². The Morgan fingerprint density at radius 2 is 2.06 bits per heavy atom. The molecule has 2 aromatic rings. The minimum atomic E-state index is -0.287. The molecule has 92 valence electrons. The summed E-state index contributed by atoms with van der Waals surface area (Å²) in [7, 11) is 0. The molecule has 4 heteroatoms. The number of benzene rings is 1. The van der Waals surface area contributed by atoms with Crippen LogP contribution >= 0.6 is 0 Å². The summed E-state index contributed by atoms with van der Waals surface area (Å²) in [5.41, 5.74) is 1.38. The molecule has 1 atom stereocenters. The van der Waals surface area contributed by atoms with E-state index < -0.39 is 0 Å². The molecule has 18 heavy (non-hydrogen) atoms. The zero-order valence-corrected chi connectivity index (χ0v) is 10.1. The van der Waals surface area contributed by atoms with Gasteiger partial charge < -0.3 is 0 Å². The molecule has 1 aromatic heterocycles. The van der Waals surface area contributed by atoms with Crippen molar-refractivity contribution in [1.29, 1.82) is 0 Å². The normalized spacial score (nSPS) is 17.8. The van der Waals surface area contributed by atoms with Gasteiger partial charge >= 0.3 is 0 Å². The lowest BCUT2D eigenvalue weighted by molar-refractivity contribution is 0.557. The van der Waals surface area contributed by atoms with E-state index in [-0.39, 0.29) is 11.4 Å². The summed E-state index contributed by atoms with van der Waals surface area (Å²) in [6.07, 6.45) is 0.824. The average Bonchev–Trinajstić information content (AvgIpc) is 2.71. The number of hydrogen-bond donors (Lipinski definition) is 0. The molecule has 3 nitrogen and oxygen atoms in total. The van der Waals surface area contributed by atoms with Crippen molar-refractivity contribution in [3.8, 4) is 11.3 Å². The lowest BCUT2D eigenvalue weighted by Crippen LogP contribution is -2.20.